The Morgan fingerprint density at radius 1 is 1.29 bits per heavy atom. The zero-order chi connectivity index (χ0) is 14.8. The molecule has 2 aromatic rings. The first kappa shape index (κ1) is 14.1. The van der Waals surface area contributed by atoms with E-state index in [9.17, 15) is 5.11 Å². The predicted octanol–water partition coefficient (Wildman–Crippen LogP) is 3.55. The molecule has 1 aromatic carbocycles. The maximum Gasteiger partial charge on any atom is 0.138 e. The Morgan fingerprint density at radius 2 is 1.95 bits per heavy atom. The number of nitrogens with zero attached hydrogens (tertiary/aromatic N) is 3. The number of aliphatic hydroxyl groups is 1. The SMILES string of the molecule is N#Cc1ccc(-n2nc(C3CCCC3)c(CO)c2Cl)cc1. The number of hydrogen-bond donors (Lipinski definition) is 1. The van der Waals surface area contributed by atoms with E-state index in [0.717, 1.165) is 29.8 Å². The van der Waals surface area contributed by atoms with Crippen LogP contribution >= 0.6 is 11.6 Å². The van der Waals surface area contributed by atoms with Crippen LogP contribution in [-0.2, 0) is 6.61 Å². The van der Waals surface area contributed by atoms with E-state index in [0.29, 0.717) is 16.6 Å². The highest BCUT2D eigenvalue weighted by Crippen LogP contribution is 2.38. The number of aromatic nitrogens is 2. The quantitative estimate of drug-likeness (QED) is 0.943. The van der Waals surface area contributed by atoms with Crippen molar-refractivity contribution in [1.82, 2.24) is 9.78 Å². The summed E-state index contributed by atoms with van der Waals surface area (Å²) in [6.07, 6.45) is 4.62. The molecular formula is C16H16ClN3O. The average molecular weight is 302 g/mol. The normalized spacial score (nSPS) is 15.3. The second-order valence-electron chi connectivity index (χ2n) is 5.36. The second kappa shape index (κ2) is 5.88. The van der Waals surface area contributed by atoms with Gasteiger partial charge in [-0.2, -0.15) is 10.4 Å². The van der Waals surface area contributed by atoms with Gasteiger partial charge in [0.1, 0.15) is 5.15 Å². The Kier molecular flexibility index (Phi) is 3.96. The molecule has 108 valence electrons. The van der Waals surface area contributed by atoms with Gasteiger partial charge in [-0.25, -0.2) is 4.68 Å². The molecule has 0 amide bonds. The standard InChI is InChI=1S/C16H16ClN3O/c17-16-14(10-21)15(12-3-1-2-4-12)19-20(16)13-7-5-11(9-18)6-8-13/h5-8,12,21H,1-4,10H2. The van der Waals surface area contributed by atoms with Crippen molar-refractivity contribution >= 4 is 11.6 Å². The van der Waals surface area contributed by atoms with Crippen LogP contribution in [0.1, 0.15) is 48.4 Å². The second-order valence-corrected chi connectivity index (χ2v) is 5.72. The number of nitriles is 1. The summed E-state index contributed by atoms with van der Waals surface area (Å²) in [5, 5.41) is 23.6. The summed E-state index contributed by atoms with van der Waals surface area (Å²) in [6.45, 7) is -0.0963. The van der Waals surface area contributed by atoms with Gasteiger partial charge in [-0.1, -0.05) is 24.4 Å². The minimum Gasteiger partial charge on any atom is -0.391 e. The molecule has 0 saturated heterocycles. The third-order valence-corrected chi connectivity index (χ3v) is 4.48. The van der Waals surface area contributed by atoms with E-state index in [-0.39, 0.29) is 6.61 Å². The Balaban J connectivity index is 2.04. The first-order chi connectivity index (χ1) is 10.2. The number of rotatable bonds is 3. The zero-order valence-corrected chi connectivity index (χ0v) is 12.3. The predicted molar refractivity (Wildman–Crippen MR) is 80.4 cm³/mol. The van der Waals surface area contributed by atoms with Crippen LogP contribution in [0.2, 0.25) is 5.15 Å². The first-order valence-corrected chi connectivity index (χ1v) is 7.51. The van der Waals surface area contributed by atoms with E-state index in [1.165, 1.54) is 12.8 Å². The lowest BCUT2D eigenvalue weighted by atomic mass is 10.0. The van der Waals surface area contributed by atoms with Gasteiger partial charge < -0.3 is 5.11 Å². The van der Waals surface area contributed by atoms with E-state index >= 15 is 0 Å². The number of aliphatic hydroxyl groups excluding tert-OH is 1. The average Bonchev–Trinajstić information content (AvgIpc) is 3.15. The molecule has 4 nitrogen and oxygen atoms in total. The van der Waals surface area contributed by atoms with Crippen molar-refractivity contribution < 1.29 is 5.11 Å². The lowest BCUT2D eigenvalue weighted by Gasteiger charge is -2.06. The molecule has 5 heteroatoms. The summed E-state index contributed by atoms with van der Waals surface area (Å²) in [5.41, 5.74) is 3.05. The van der Waals surface area contributed by atoms with E-state index in [1.54, 1.807) is 16.8 Å². The third-order valence-electron chi connectivity index (χ3n) is 4.09. The molecule has 0 unspecified atom stereocenters. The molecule has 1 aromatic heterocycles. The lowest BCUT2D eigenvalue weighted by Crippen LogP contribution is -2.00. The minimum absolute atomic E-state index is 0.0963. The van der Waals surface area contributed by atoms with Crippen molar-refractivity contribution in [3.05, 3.63) is 46.2 Å². The smallest absolute Gasteiger partial charge is 0.138 e. The van der Waals surface area contributed by atoms with Crippen molar-refractivity contribution in [3.63, 3.8) is 0 Å². The third kappa shape index (κ3) is 2.55. The van der Waals surface area contributed by atoms with Gasteiger partial charge in [-0.15, -0.1) is 0 Å². The molecule has 1 aliphatic rings. The van der Waals surface area contributed by atoms with Crippen LogP contribution < -0.4 is 0 Å². The van der Waals surface area contributed by atoms with Gasteiger partial charge in [0.15, 0.2) is 0 Å². The van der Waals surface area contributed by atoms with Gasteiger partial charge in [0.2, 0.25) is 0 Å². The summed E-state index contributed by atoms with van der Waals surface area (Å²) < 4.78 is 1.65. The summed E-state index contributed by atoms with van der Waals surface area (Å²) in [5.74, 6) is 0.393. The molecule has 0 spiro atoms. The van der Waals surface area contributed by atoms with E-state index in [1.807, 2.05) is 12.1 Å². The van der Waals surface area contributed by atoms with Crippen molar-refractivity contribution in [2.45, 2.75) is 38.2 Å². The van der Waals surface area contributed by atoms with E-state index in [4.69, 9.17) is 16.9 Å². The van der Waals surface area contributed by atoms with Gasteiger partial charge in [0.25, 0.3) is 0 Å². The lowest BCUT2D eigenvalue weighted by molar-refractivity contribution is 0.280. The van der Waals surface area contributed by atoms with Crippen LogP contribution in [0.4, 0.5) is 0 Å². The Labute approximate surface area is 128 Å². The number of benzene rings is 1. The first-order valence-electron chi connectivity index (χ1n) is 7.13. The summed E-state index contributed by atoms with van der Waals surface area (Å²) in [4.78, 5) is 0. The van der Waals surface area contributed by atoms with Crippen molar-refractivity contribution in [2.75, 3.05) is 0 Å². The minimum atomic E-state index is -0.0963. The number of hydrogen-bond acceptors (Lipinski definition) is 3. The summed E-state index contributed by atoms with van der Waals surface area (Å²) in [6, 6.07) is 9.20. The Hall–Kier alpha value is -1.83. The fourth-order valence-electron chi connectivity index (χ4n) is 2.97. The van der Waals surface area contributed by atoms with Crippen molar-refractivity contribution in [2.24, 2.45) is 0 Å². The molecule has 1 aliphatic carbocycles. The fourth-order valence-corrected chi connectivity index (χ4v) is 3.26. The van der Waals surface area contributed by atoms with Crippen LogP contribution in [0.15, 0.2) is 24.3 Å². The molecular weight excluding hydrogens is 286 g/mol. The van der Waals surface area contributed by atoms with E-state index in [2.05, 4.69) is 11.2 Å². The van der Waals surface area contributed by atoms with Crippen molar-refractivity contribution in [3.8, 4) is 11.8 Å². The highest BCUT2D eigenvalue weighted by molar-refractivity contribution is 6.30. The summed E-state index contributed by atoms with van der Waals surface area (Å²) >= 11 is 6.39. The van der Waals surface area contributed by atoms with Gasteiger partial charge in [-0.05, 0) is 37.1 Å². The topological polar surface area (TPSA) is 61.8 Å². The maximum atomic E-state index is 9.62. The van der Waals surface area contributed by atoms with Crippen LogP contribution in [0.25, 0.3) is 5.69 Å². The van der Waals surface area contributed by atoms with Crippen LogP contribution in [0, 0.1) is 11.3 Å². The molecule has 0 atom stereocenters. The molecule has 1 heterocycles. The zero-order valence-electron chi connectivity index (χ0n) is 11.6. The van der Waals surface area contributed by atoms with Gasteiger partial charge >= 0.3 is 0 Å². The van der Waals surface area contributed by atoms with Crippen LogP contribution in [0.3, 0.4) is 0 Å². The fraction of sp³-hybridized carbons (Fsp3) is 0.375. The highest BCUT2D eigenvalue weighted by Gasteiger charge is 2.26. The molecule has 1 fully saturated rings. The number of halogens is 1. The maximum absolute atomic E-state index is 9.62. The van der Waals surface area contributed by atoms with Crippen molar-refractivity contribution in [1.29, 1.82) is 5.26 Å². The Bertz CT molecular complexity index is 679. The molecule has 3 rings (SSSR count). The largest absolute Gasteiger partial charge is 0.391 e. The van der Waals surface area contributed by atoms with Gasteiger partial charge in [-0.3, -0.25) is 0 Å². The van der Waals surface area contributed by atoms with E-state index < -0.39 is 0 Å². The molecule has 0 radical (unpaired) electrons. The van der Waals surface area contributed by atoms with Crippen LogP contribution in [0.5, 0.6) is 0 Å². The van der Waals surface area contributed by atoms with Gasteiger partial charge in [0, 0.05) is 11.5 Å². The molecule has 21 heavy (non-hydrogen) atoms. The molecule has 0 bridgehead atoms. The molecule has 1 N–H and O–H groups in total. The monoisotopic (exact) mass is 301 g/mol. The van der Waals surface area contributed by atoms with Gasteiger partial charge in [0.05, 0.1) is 29.6 Å². The molecule has 1 saturated carbocycles. The Morgan fingerprint density at radius 3 is 2.52 bits per heavy atom. The molecule has 0 aliphatic heterocycles. The highest BCUT2D eigenvalue weighted by atomic mass is 35.5. The van der Waals surface area contributed by atoms with Crippen LogP contribution in [-0.4, -0.2) is 14.9 Å². The summed E-state index contributed by atoms with van der Waals surface area (Å²) in [7, 11) is 0.